The average Bonchev–Trinajstić information content (AvgIpc) is 2.29. The van der Waals surface area contributed by atoms with Crippen molar-refractivity contribution in [3.8, 4) is 0 Å². The Hall–Kier alpha value is -1.29. The van der Waals surface area contributed by atoms with Crippen LogP contribution in [0.25, 0.3) is 0 Å². The van der Waals surface area contributed by atoms with Crippen LogP contribution in [0.5, 0.6) is 0 Å². The standard InChI is InChI=1S/C15H20F2O2/c1-5-19-14(15(2,3)4)13(18)9-10-11(16)7-6-8-12(10)17/h6-8,14H,5,9H2,1-4H3. The molecule has 1 aromatic carbocycles. The summed E-state index contributed by atoms with van der Waals surface area (Å²) in [4.78, 5) is 12.2. The fraction of sp³-hybridized carbons (Fsp3) is 0.533. The van der Waals surface area contributed by atoms with Gasteiger partial charge in [0.2, 0.25) is 0 Å². The number of hydrogen-bond donors (Lipinski definition) is 0. The molecule has 1 unspecified atom stereocenters. The van der Waals surface area contributed by atoms with Gasteiger partial charge in [0.1, 0.15) is 17.7 Å². The highest BCUT2D eigenvalue weighted by Crippen LogP contribution is 2.25. The summed E-state index contributed by atoms with van der Waals surface area (Å²) < 4.78 is 32.5. The van der Waals surface area contributed by atoms with Crippen LogP contribution in [-0.2, 0) is 16.0 Å². The van der Waals surface area contributed by atoms with Crippen LogP contribution >= 0.6 is 0 Å². The van der Waals surface area contributed by atoms with Crippen molar-refractivity contribution >= 4 is 5.78 Å². The second-order valence-electron chi connectivity index (χ2n) is 5.54. The topological polar surface area (TPSA) is 26.3 Å². The summed E-state index contributed by atoms with van der Waals surface area (Å²) in [5, 5.41) is 0. The SMILES string of the molecule is CCOC(C(=O)Cc1c(F)cccc1F)C(C)(C)C. The normalized spacial score (nSPS) is 13.4. The zero-order valence-corrected chi connectivity index (χ0v) is 11.8. The van der Waals surface area contributed by atoms with Crippen molar-refractivity contribution in [3.05, 3.63) is 35.4 Å². The van der Waals surface area contributed by atoms with Gasteiger partial charge in [-0.3, -0.25) is 4.79 Å². The summed E-state index contributed by atoms with van der Waals surface area (Å²) >= 11 is 0. The first kappa shape index (κ1) is 15.8. The van der Waals surface area contributed by atoms with Crippen molar-refractivity contribution in [1.82, 2.24) is 0 Å². The van der Waals surface area contributed by atoms with E-state index in [1.54, 1.807) is 6.92 Å². The number of rotatable bonds is 5. The van der Waals surface area contributed by atoms with E-state index in [1.807, 2.05) is 20.8 Å². The van der Waals surface area contributed by atoms with E-state index in [0.717, 1.165) is 12.1 Å². The second kappa shape index (κ2) is 6.24. The third-order valence-corrected chi connectivity index (χ3v) is 2.83. The molecule has 106 valence electrons. The van der Waals surface area contributed by atoms with Gasteiger partial charge in [0, 0.05) is 18.6 Å². The molecule has 19 heavy (non-hydrogen) atoms. The van der Waals surface area contributed by atoms with E-state index < -0.39 is 23.2 Å². The Labute approximate surface area is 112 Å². The lowest BCUT2D eigenvalue weighted by molar-refractivity contribution is -0.136. The van der Waals surface area contributed by atoms with Crippen molar-refractivity contribution in [1.29, 1.82) is 0 Å². The molecule has 1 aromatic rings. The zero-order valence-electron chi connectivity index (χ0n) is 11.8. The Bertz CT molecular complexity index is 430. The van der Waals surface area contributed by atoms with Crippen LogP contribution in [0.15, 0.2) is 18.2 Å². The summed E-state index contributed by atoms with van der Waals surface area (Å²) in [6.07, 6.45) is -0.961. The van der Waals surface area contributed by atoms with Gasteiger partial charge < -0.3 is 4.74 Å². The second-order valence-corrected chi connectivity index (χ2v) is 5.54. The number of ketones is 1. The minimum Gasteiger partial charge on any atom is -0.370 e. The molecule has 0 aliphatic heterocycles. The highest BCUT2D eigenvalue weighted by molar-refractivity contribution is 5.86. The number of benzene rings is 1. The minimum atomic E-state index is -0.697. The largest absolute Gasteiger partial charge is 0.370 e. The van der Waals surface area contributed by atoms with Gasteiger partial charge in [-0.05, 0) is 24.5 Å². The van der Waals surface area contributed by atoms with Crippen molar-refractivity contribution in [2.75, 3.05) is 6.61 Å². The van der Waals surface area contributed by atoms with Gasteiger partial charge in [0.15, 0.2) is 5.78 Å². The highest BCUT2D eigenvalue weighted by Gasteiger charge is 2.32. The number of hydrogen-bond acceptors (Lipinski definition) is 2. The summed E-state index contributed by atoms with van der Waals surface area (Å²) in [6, 6.07) is 3.58. The van der Waals surface area contributed by atoms with Gasteiger partial charge in [-0.2, -0.15) is 0 Å². The van der Waals surface area contributed by atoms with Crippen molar-refractivity contribution in [2.45, 2.75) is 40.2 Å². The fourth-order valence-corrected chi connectivity index (χ4v) is 1.96. The van der Waals surface area contributed by atoms with Crippen LogP contribution in [0, 0.1) is 17.0 Å². The average molecular weight is 270 g/mol. The smallest absolute Gasteiger partial charge is 0.166 e. The zero-order chi connectivity index (χ0) is 14.6. The van der Waals surface area contributed by atoms with E-state index in [0.29, 0.717) is 6.61 Å². The van der Waals surface area contributed by atoms with E-state index in [4.69, 9.17) is 4.74 Å². The van der Waals surface area contributed by atoms with Crippen molar-refractivity contribution < 1.29 is 18.3 Å². The van der Waals surface area contributed by atoms with Crippen LogP contribution in [0.1, 0.15) is 33.3 Å². The van der Waals surface area contributed by atoms with Gasteiger partial charge in [-0.25, -0.2) is 8.78 Å². The number of ether oxygens (including phenoxy) is 1. The minimum absolute atomic E-state index is 0.193. The summed E-state index contributed by atoms with van der Waals surface area (Å²) in [7, 11) is 0. The lowest BCUT2D eigenvalue weighted by Crippen LogP contribution is -2.38. The van der Waals surface area contributed by atoms with Gasteiger partial charge in [0.05, 0.1) is 0 Å². The fourth-order valence-electron chi connectivity index (χ4n) is 1.96. The van der Waals surface area contributed by atoms with Crippen LogP contribution < -0.4 is 0 Å². The molecule has 0 fully saturated rings. The van der Waals surface area contributed by atoms with E-state index >= 15 is 0 Å². The molecule has 1 rings (SSSR count). The molecule has 0 amide bonds. The molecule has 0 aliphatic rings. The lowest BCUT2D eigenvalue weighted by Gasteiger charge is -2.29. The van der Waals surface area contributed by atoms with E-state index in [1.165, 1.54) is 6.07 Å². The summed E-state index contributed by atoms with van der Waals surface area (Å²) in [5.41, 5.74) is -0.601. The summed E-state index contributed by atoms with van der Waals surface area (Å²) in [6.45, 7) is 7.76. The first-order valence-corrected chi connectivity index (χ1v) is 6.34. The molecule has 0 saturated carbocycles. The quantitative estimate of drug-likeness (QED) is 0.818. The maximum absolute atomic E-state index is 13.5. The Morgan fingerprint density at radius 3 is 2.21 bits per heavy atom. The number of carbonyl (C=O) groups is 1. The molecule has 4 heteroatoms. The molecule has 0 spiro atoms. The number of carbonyl (C=O) groups excluding carboxylic acids is 1. The molecule has 1 atom stereocenters. The maximum atomic E-state index is 13.5. The van der Waals surface area contributed by atoms with E-state index in [-0.39, 0.29) is 17.8 Å². The Balaban J connectivity index is 2.94. The summed E-state index contributed by atoms with van der Waals surface area (Å²) in [5.74, 6) is -1.70. The van der Waals surface area contributed by atoms with Crippen LogP contribution in [-0.4, -0.2) is 18.5 Å². The molecule has 0 bridgehead atoms. The van der Waals surface area contributed by atoms with Crippen LogP contribution in [0.4, 0.5) is 8.78 Å². The van der Waals surface area contributed by atoms with E-state index in [2.05, 4.69) is 0 Å². The molecule has 0 heterocycles. The lowest BCUT2D eigenvalue weighted by atomic mass is 9.84. The Morgan fingerprint density at radius 2 is 1.79 bits per heavy atom. The van der Waals surface area contributed by atoms with Crippen molar-refractivity contribution in [2.24, 2.45) is 5.41 Å². The van der Waals surface area contributed by atoms with E-state index in [9.17, 15) is 13.6 Å². The third kappa shape index (κ3) is 4.10. The molecular weight excluding hydrogens is 250 g/mol. The molecule has 0 aliphatic carbocycles. The molecule has 0 saturated heterocycles. The predicted octanol–water partition coefficient (Wildman–Crippen LogP) is 3.53. The van der Waals surface area contributed by atoms with Gasteiger partial charge in [0.25, 0.3) is 0 Å². The Morgan fingerprint density at radius 1 is 1.26 bits per heavy atom. The first-order valence-electron chi connectivity index (χ1n) is 6.34. The van der Waals surface area contributed by atoms with Gasteiger partial charge in [-0.1, -0.05) is 26.8 Å². The third-order valence-electron chi connectivity index (χ3n) is 2.83. The number of Topliss-reactive ketones (excluding diaryl/α,β-unsaturated/α-hetero) is 1. The molecular formula is C15H20F2O2. The molecule has 0 N–H and O–H groups in total. The molecule has 0 radical (unpaired) electrons. The predicted molar refractivity (Wildman–Crippen MR) is 69.9 cm³/mol. The molecule has 2 nitrogen and oxygen atoms in total. The van der Waals surface area contributed by atoms with Crippen LogP contribution in [0.2, 0.25) is 0 Å². The van der Waals surface area contributed by atoms with Gasteiger partial charge in [-0.15, -0.1) is 0 Å². The Kier molecular flexibility index (Phi) is 5.18. The number of halogens is 2. The highest BCUT2D eigenvalue weighted by atomic mass is 19.1. The van der Waals surface area contributed by atoms with Gasteiger partial charge >= 0.3 is 0 Å². The monoisotopic (exact) mass is 270 g/mol. The maximum Gasteiger partial charge on any atom is 0.166 e. The van der Waals surface area contributed by atoms with Crippen molar-refractivity contribution in [3.63, 3.8) is 0 Å². The first-order chi connectivity index (χ1) is 8.77. The molecule has 0 aromatic heterocycles. The van der Waals surface area contributed by atoms with Crippen LogP contribution in [0.3, 0.4) is 0 Å².